The summed E-state index contributed by atoms with van der Waals surface area (Å²) in [5.74, 6) is 0.833. The Morgan fingerprint density at radius 3 is 1.31 bits per heavy atom. The van der Waals surface area contributed by atoms with E-state index >= 15 is 0 Å². The minimum atomic E-state index is -0.101. The Balaban J connectivity index is 0.000000264. The summed E-state index contributed by atoms with van der Waals surface area (Å²) in [6, 6.07) is 9.36. The molecule has 0 aliphatic carbocycles. The van der Waals surface area contributed by atoms with E-state index < -0.39 is 0 Å². The predicted molar refractivity (Wildman–Crippen MR) is 133 cm³/mol. The molecule has 8 heteroatoms. The van der Waals surface area contributed by atoms with E-state index in [0.29, 0.717) is 23.0 Å². The van der Waals surface area contributed by atoms with Crippen molar-refractivity contribution in [3.63, 3.8) is 0 Å². The lowest BCUT2D eigenvalue weighted by Gasteiger charge is -2.08. The van der Waals surface area contributed by atoms with Crippen LogP contribution in [0.4, 0.5) is 0 Å². The Kier molecular flexibility index (Phi) is 11.0. The standard InChI is InChI=1S/C9H10O4.2C9H10O2/c1-12-7-3-6(5-10)4-8(13-2)9(7)11;1-6-3-8(11)4-7(2)9(6)5-10;1-6-3-8(5-10)4-7(2)9(6)11/h3-5,11H,1-2H3;2*3-5,11H,1-2H3. The van der Waals surface area contributed by atoms with Gasteiger partial charge in [0.15, 0.2) is 17.8 Å². The van der Waals surface area contributed by atoms with Crippen molar-refractivity contribution in [3.8, 4) is 28.7 Å². The summed E-state index contributed by atoms with van der Waals surface area (Å²) >= 11 is 0. The average molecular weight is 483 g/mol. The van der Waals surface area contributed by atoms with Crippen molar-refractivity contribution in [1.29, 1.82) is 0 Å². The van der Waals surface area contributed by atoms with Gasteiger partial charge in [-0.25, -0.2) is 0 Å². The SMILES string of the molecule is COc1cc(C=O)cc(OC)c1O.Cc1cc(C=O)cc(C)c1O.Cc1cc(O)cc(C)c1C=O. The van der Waals surface area contributed by atoms with Gasteiger partial charge in [0.1, 0.15) is 24.1 Å². The van der Waals surface area contributed by atoms with E-state index in [1.165, 1.54) is 26.4 Å². The summed E-state index contributed by atoms with van der Waals surface area (Å²) in [5.41, 5.74) is 4.79. The van der Waals surface area contributed by atoms with Crippen LogP contribution in [0.5, 0.6) is 28.7 Å². The molecule has 0 saturated heterocycles. The molecule has 0 aromatic heterocycles. The number of aromatic hydroxyl groups is 3. The molecule has 0 bridgehead atoms. The predicted octanol–water partition coefficient (Wildman–Crippen LogP) is 4.86. The number of hydrogen-bond acceptors (Lipinski definition) is 8. The van der Waals surface area contributed by atoms with E-state index in [4.69, 9.17) is 14.6 Å². The van der Waals surface area contributed by atoms with Crippen LogP contribution in [0, 0.1) is 27.7 Å². The maximum atomic E-state index is 10.5. The fourth-order valence-corrected chi connectivity index (χ4v) is 3.18. The Morgan fingerprint density at radius 1 is 0.571 bits per heavy atom. The number of phenols is 3. The number of hydrogen-bond donors (Lipinski definition) is 3. The zero-order valence-electron chi connectivity index (χ0n) is 20.6. The molecular formula is C27H30O8. The summed E-state index contributed by atoms with van der Waals surface area (Å²) in [6.45, 7) is 7.15. The molecule has 0 amide bonds. The molecule has 0 spiro atoms. The lowest BCUT2D eigenvalue weighted by molar-refractivity contribution is 0.111. The highest BCUT2D eigenvalue weighted by Crippen LogP contribution is 2.36. The molecule has 0 saturated carbocycles. The summed E-state index contributed by atoms with van der Waals surface area (Å²) < 4.78 is 9.68. The summed E-state index contributed by atoms with van der Waals surface area (Å²) in [7, 11) is 2.81. The molecule has 0 aliphatic rings. The van der Waals surface area contributed by atoms with Crippen LogP contribution in [0.25, 0.3) is 0 Å². The summed E-state index contributed by atoms with van der Waals surface area (Å²) in [5, 5.41) is 27.9. The molecule has 35 heavy (non-hydrogen) atoms. The Morgan fingerprint density at radius 2 is 0.971 bits per heavy atom. The molecule has 0 unspecified atom stereocenters. The van der Waals surface area contributed by atoms with E-state index in [1.54, 1.807) is 52.0 Å². The second-order valence-electron chi connectivity index (χ2n) is 7.62. The molecule has 0 atom stereocenters. The van der Waals surface area contributed by atoms with Crippen molar-refractivity contribution < 1.29 is 39.2 Å². The monoisotopic (exact) mass is 482 g/mol. The van der Waals surface area contributed by atoms with Crippen LogP contribution in [0.15, 0.2) is 36.4 Å². The zero-order chi connectivity index (χ0) is 26.7. The minimum Gasteiger partial charge on any atom is -0.508 e. The van der Waals surface area contributed by atoms with Gasteiger partial charge in [0.05, 0.1) is 14.2 Å². The lowest BCUT2D eigenvalue weighted by atomic mass is 10.0. The van der Waals surface area contributed by atoms with Crippen LogP contribution in [0.1, 0.15) is 53.3 Å². The van der Waals surface area contributed by atoms with E-state index in [9.17, 15) is 24.6 Å². The second-order valence-corrected chi connectivity index (χ2v) is 7.62. The Hall–Kier alpha value is -4.33. The summed E-state index contributed by atoms with van der Waals surface area (Å²) in [4.78, 5) is 31.3. The number of ether oxygens (including phenoxy) is 2. The molecule has 0 fully saturated rings. The van der Waals surface area contributed by atoms with Crippen molar-refractivity contribution in [2.24, 2.45) is 0 Å². The van der Waals surface area contributed by atoms with Crippen LogP contribution >= 0.6 is 0 Å². The molecule has 186 valence electrons. The third kappa shape index (κ3) is 7.89. The number of rotatable bonds is 5. The highest BCUT2D eigenvalue weighted by Gasteiger charge is 2.10. The van der Waals surface area contributed by atoms with Gasteiger partial charge in [0.25, 0.3) is 0 Å². The van der Waals surface area contributed by atoms with Crippen molar-refractivity contribution in [2.45, 2.75) is 27.7 Å². The van der Waals surface area contributed by atoms with Crippen molar-refractivity contribution in [3.05, 3.63) is 75.3 Å². The van der Waals surface area contributed by atoms with Crippen LogP contribution in [-0.2, 0) is 0 Å². The smallest absolute Gasteiger partial charge is 0.200 e. The molecule has 8 nitrogen and oxygen atoms in total. The third-order valence-corrected chi connectivity index (χ3v) is 4.98. The number of aldehydes is 3. The van der Waals surface area contributed by atoms with E-state index in [1.807, 2.05) is 0 Å². The average Bonchev–Trinajstić information content (AvgIpc) is 2.82. The van der Waals surface area contributed by atoms with Crippen molar-refractivity contribution in [2.75, 3.05) is 14.2 Å². The molecule has 3 aromatic carbocycles. The molecule has 3 aromatic rings. The van der Waals surface area contributed by atoms with E-state index in [0.717, 1.165) is 34.8 Å². The highest BCUT2D eigenvalue weighted by atomic mass is 16.5. The zero-order valence-corrected chi connectivity index (χ0v) is 20.6. The van der Waals surface area contributed by atoms with Crippen LogP contribution in [0.2, 0.25) is 0 Å². The van der Waals surface area contributed by atoms with Gasteiger partial charge in [-0.2, -0.15) is 0 Å². The first-order valence-corrected chi connectivity index (χ1v) is 10.4. The lowest BCUT2D eigenvalue weighted by Crippen LogP contribution is -1.91. The molecule has 0 heterocycles. The second kappa shape index (κ2) is 13.4. The maximum absolute atomic E-state index is 10.5. The van der Waals surface area contributed by atoms with Gasteiger partial charge < -0.3 is 24.8 Å². The number of aryl methyl sites for hydroxylation is 4. The van der Waals surface area contributed by atoms with Crippen LogP contribution < -0.4 is 9.47 Å². The van der Waals surface area contributed by atoms with Gasteiger partial charge in [-0.05, 0) is 86.3 Å². The molecule has 3 N–H and O–H groups in total. The first kappa shape index (κ1) is 28.7. The highest BCUT2D eigenvalue weighted by molar-refractivity contribution is 5.80. The topological polar surface area (TPSA) is 130 Å². The molecule has 3 rings (SSSR count). The van der Waals surface area contributed by atoms with Gasteiger partial charge in [0, 0.05) is 16.7 Å². The van der Waals surface area contributed by atoms with Crippen molar-refractivity contribution >= 4 is 18.9 Å². The first-order valence-electron chi connectivity index (χ1n) is 10.4. The van der Waals surface area contributed by atoms with Crippen LogP contribution in [-0.4, -0.2) is 48.4 Å². The summed E-state index contributed by atoms with van der Waals surface area (Å²) in [6.07, 6.45) is 2.24. The van der Waals surface area contributed by atoms with Gasteiger partial charge >= 0.3 is 0 Å². The van der Waals surface area contributed by atoms with Gasteiger partial charge in [0.2, 0.25) is 5.75 Å². The number of phenolic OH excluding ortho intramolecular Hbond substituents is 3. The molecule has 0 radical (unpaired) electrons. The van der Waals surface area contributed by atoms with Gasteiger partial charge in [-0.15, -0.1) is 0 Å². The number of benzene rings is 3. The fraction of sp³-hybridized carbons (Fsp3) is 0.222. The van der Waals surface area contributed by atoms with Crippen LogP contribution in [0.3, 0.4) is 0 Å². The maximum Gasteiger partial charge on any atom is 0.200 e. The van der Waals surface area contributed by atoms with E-state index in [2.05, 4.69) is 0 Å². The Bertz CT molecular complexity index is 1130. The van der Waals surface area contributed by atoms with Crippen molar-refractivity contribution in [1.82, 2.24) is 0 Å². The fourth-order valence-electron chi connectivity index (χ4n) is 3.18. The van der Waals surface area contributed by atoms with E-state index in [-0.39, 0.29) is 28.7 Å². The minimum absolute atomic E-state index is 0.101. The normalized spacial score (nSPS) is 9.54. The third-order valence-electron chi connectivity index (χ3n) is 4.98. The largest absolute Gasteiger partial charge is 0.508 e. The van der Waals surface area contributed by atoms with Gasteiger partial charge in [-0.3, -0.25) is 14.4 Å². The number of carbonyl (C=O) groups excluding carboxylic acids is 3. The molecule has 0 aliphatic heterocycles. The quantitative estimate of drug-likeness (QED) is 0.439. The number of carbonyl (C=O) groups is 3. The Labute approximate surface area is 204 Å². The number of methoxy groups -OCH3 is 2. The molecular weight excluding hydrogens is 452 g/mol. The first-order chi connectivity index (χ1) is 16.5. The van der Waals surface area contributed by atoms with Gasteiger partial charge in [-0.1, -0.05) is 0 Å².